The molecule has 1 aliphatic heterocycles. The van der Waals surface area contributed by atoms with Crippen LogP contribution in [0.15, 0.2) is 49.1 Å². The Morgan fingerprint density at radius 1 is 1.09 bits per heavy atom. The number of aromatic amines is 1. The molecule has 33 heavy (non-hydrogen) atoms. The first-order valence-electron chi connectivity index (χ1n) is 11.1. The van der Waals surface area contributed by atoms with Crippen molar-refractivity contribution >= 4 is 12.2 Å². The molecular weight excluding hydrogens is 416 g/mol. The number of aromatic nitrogens is 5. The van der Waals surface area contributed by atoms with E-state index >= 15 is 0 Å². The fourth-order valence-electron chi connectivity index (χ4n) is 5.25. The average Bonchev–Trinajstić information content (AvgIpc) is 3.41. The van der Waals surface area contributed by atoms with Gasteiger partial charge in [-0.05, 0) is 64.3 Å². The van der Waals surface area contributed by atoms with E-state index in [2.05, 4.69) is 49.3 Å². The van der Waals surface area contributed by atoms with Gasteiger partial charge in [-0.1, -0.05) is 6.07 Å². The van der Waals surface area contributed by atoms with E-state index < -0.39 is 0 Å². The molecule has 0 atom stereocenters. The zero-order valence-electron chi connectivity index (χ0n) is 19.3. The molecular formula is C25H28N6O2. The molecule has 0 radical (unpaired) electrons. The Morgan fingerprint density at radius 3 is 2.58 bits per heavy atom. The number of fused-ring (bicyclic) bond motifs is 1. The first-order valence-corrected chi connectivity index (χ1v) is 11.1. The lowest BCUT2D eigenvalue weighted by Gasteiger charge is -2.46. The highest BCUT2D eigenvalue weighted by Gasteiger charge is 2.38. The Morgan fingerprint density at radius 2 is 1.88 bits per heavy atom. The quantitative estimate of drug-likeness (QED) is 0.444. The van der Waals surface area contributed by atoms with Crippen molar-refractivity contribution in [3.05, 3.63) is 54.7 Å². The first-order chi connectivity index (χ1) is 15.7. The number of benzene rings is 1. The van der Waals surface area contributed by atoms with Crippen LogP contribution < -0.4 is 10.1 Å². The second kappa shape index (κ2) is 7.81. The summed E-state index contributed by atoms with van der Waals surface area (Å²) in [6, 6.07) is 7.77. The highest BCUT2D eigenvalue weighted by Crippen LogP contribution is 2.39. The number of carbonyl (C=O) groups is 1. The number of hydrogen-bond acceptors (Lipinski definition) is 6. The van der Waals surface area contributed by atoms with E-state index in [1.165, 1.54) is 0 Å². The highest BCUT2D eigenvalue weighted by molar-refractivity contribution is 5.76. The molecule has 8 heteroatoms. The minimum Gasteiger partial charge on any atom is -0.428 e. The number of nitrogens with one attached hydrogen (secondary N) is 2. The van der Waals surface area contributed by atoms with Crippen molar-refractivity contribution in [2.45, 2.75) is 57.5 Å². The molecule has 3 aromatic heterocycles. The van der Waals surface area contributed by atoms with Gasteiger partial charge >= 0.3 is 0 Å². The van der Waals surface area contributed by atoms with E-state index in [0.29, 0.717) is 29.6 Å². The smallest absolute Gasteiger partial charge is 0.298 e. The second-order valence-corrected chi connectivity index (χ2v) is 10.1. The molecule has 1 aliphatic rings. The minimum absolute atomic E-state index is 0.0403. The van der Waals surface area contributed by atoms with Crippen molar-refractivity contribution in [2.24, 2.45) is 0 Å². The van der Waals surface area contributed by atoms with Gasteiger partial charge in [0.15, 0.2) is 0 Å². The largest absolute Gasteiger partial charge is 0.428 e. The third-order valence-corrected chi connectivity index (χ3v) is 6.22. The van der Waals surface area contributed by atoms with Gasteiger partial charge in [0.2, 0.25) is 5.78 Å². The molecule has 5 rings (SSSR count). The Kier molecular flexibility index (Phi) is 5.05. The maximum Gasteiger partial charge on any atom is 0.298 e. The van der Waals surface area contributed by atoms with Crippen LogP contribution in [0.4, 0.5) is 0 Å². The zero-order valence-corrected chi connectivity index (χ0v) is 19.3. The summed E-state index contributed by atoms with van der Waals surface area (Å²) in [5.74, 6) is 1.42. The predicted octanol–water partition coefficient (Wildman–Crippen LogP) is 4.35. The van der Waals surface area contributed by atoms with Crippen LogP contribution in [0.2, 0.25) is 0 Å². The lowest BCUT2D eigenvalue weighted by Crippen LogP contribution is -2.57. The van der Waals surface area contributed by atoms with Crippen molar-refractivity contribution in [1.29, 1.82) is 0 Å². The van der Waals surface area contributed by atoms with Gasteiger partial charge in [0.1, 0.15) is 5.75 Å². The lowest BCUT2D eigenvalue weighted by atomic mass is 9.74. The molecule has 4 heterocycles. The summed E-state index contributed by atoms with van der Waals surface area (Å²) in [5, 5.41) is 10.5. The third kappa shape index (κ3) is 4.26. The lowest BCUT2D eigenvalue weighted by molar-refractivity contribution is -0.120. The van der Waals surface area contributed by atoms with E-state index in [-0.39, 0.29) is 11.1 Å². The van der Waals surface area contributed by atoms with Gasteiger partial charge in [0.05, 0.1) is 11.9 Å². The summed E-state index contributed by atoms with van der Waals surface area (Å²) in [6.07, 6.45) is 9.46. The van der Waals surface area contributed by atoms with Crippen LogP contribution >= 0.6 is 0 Å². The summed E-state index contributed by atoms with van der Waals surface area (Å²) in [7, 11) is 0. The number of piperidine rings is 1. The Bertz CT molecular complexity index is 1290. The van der Waals surface area contributed by atoms with Crippen LogP contribution in [-0.2, 0) is 4.79 Å². The molecule has 4 aromatic rings. The minimum atomic E-state index is 0.0403. The first kappa shape index (κ1) is 21.3. The summed E-state index contributed by atoms with van der Waals surface area (Å²) in [5.41, 5.74) is 4.36. The Hall–Kier alpha value is -3.52. The van der Waals surface area contributed by atoms with Crippen LogP contribution in [0.1, 0.15) is 52.1 Å². The van der Waals surface area contributed by atoms with Gasteiger partial charge in [-0.3, -0.25) is 14.3 Å². The van der Waals surface area contributed by atoms with E-state index in [4.69, 9.17) is 14.7 Å². The van der Waals surface area contributed by atoms with Crippen molar-refractivity contribution in [3.63, 3.8) is 0 Å². The number of rotatable bonds is 5. The third-order valence-electron chi connectivity index (χ3n) is 6.22. The van der Waals surface area contributed by atoms with Crippen LogP contribution in [-0.4, -0.2) is 42.1 Å². The summed E-state index contributed by atoms with van der Waals surface area (Å²) in [6.45, 7) is 9.41. The van der Waals surface area contributed by atoms with Crippen LogP contribution in [0.25, 0.3) is 28.2 Å². The Labute approximate surface area is 192 Å². The molecule has 0 saturated carbocycles. The fraction of sp³-hybridized carbons (Fsp3) is 0.360. The van der Waals surface area contributed by atoms with Gasteiger partial charge in [-0.2, -0.15) is 5.10 Å². The number of nitrogens with zero attached hydrogens (tertiary/aromatic N) is 4. The van der Waals surface area contributed by atoms with Crippen molar-refractivity contribution in [3.8, 4) is 28.1 Å². The van der Waals surface area contributed by atoms with Crippen molar-refractivity contribution in [2.75, 3.05) is 0 Å². The summed E-state index contributed by atoms with van der Waals surface area (Å²) in [4.78, 5) is 20.8. The van der Waals surface area contributed by atoms with Gasteiger partial charge in [-0.25, -0.2) is 9.97 Å². The number of H-pyrrole nitrogens is 1. The normalized spacial score (nSPS) is 17.8. The summed E-state index contributed by atoms with van der Waals surface area (Å²) < 4.78 is 7.21. The topological polar surface area (TPSA) is 97.2 Å². The van der Waals surface area contributed by atoms with Gasteiger partial charge < -0.3 is 10.1 Å². The molecule has 1 saturated heterocycles. The molecule has 170 valence electrons. The molecule has 2 N–H and O–H groups in total. The molecule has 1 aromatic carbocycles. The van der Waals surface area contributed by atoms with E-state index in [1.807, 2.05) is 35.0 Å². The highest BCUT2D eigenvalue weighted by atomic mass is 16.5. The van der Waals surface area contributed by atoms with Crippen molar-refractivity contribution in [1.82, 2.24) is 29.9 Å². The maximum atomic E-state index is 11.2. The molecule has 0 amide bonds. The molecule has 0 unspecified atom stereocenters. The number of imidazole rings is 1. The standard InChI is InChI=1S/C25H28N6O2/c1-24(2)10-17(11-25(3,4)30-24)20-7-8-31-14-21(29-23(31)28-20)19-6-5-16(9-22(19)33-15-32)18-12-26-27-13-18/h5-9,12-15,17,30H,10-11H2,1-4H3,(H,26,27). The monoisotopic (exact) mass is 444 g/mol. The number of carbonyl (C=O) groups excluding carboxylic acids is 1. The zero-order chi connectivity index (χ0) is 23.2. The van der Waals surface area contributed by atoms with E-state index in [1.54, 1.807) is 12.4 Å². The predicted molar refractivity (Wildman–Crippen MR) is 126 cm³/mol. The number of hydrogen-bond donors (Lipinski definition) is 2. The second-order valence-electron chi connectivity index (χ2n) is 10.1. The summed E-state index contributed by atoms with van der Waals surface area (Å²) >= 11 is 0. The van der Waals surface area contributed by atoms with Crippen molar-refractivity contribution < 1.29 is 9.53 Å². The number of ether oxygens (including phenoxy) is 1. The molecule has 0 spiro atoms. The van der Waals surface area contributed by atoms with Gasteiger partial charge in [0, 0.05) is 52.4 Å². The Balaban J connectivity index is 1.51. The van der Waals surface area contributed by atoms with E-state index in [9.17, 15) is 4.79 Å². The van der Waals surface area contributed by atoms with Gasteiger partial charge in [0.25, 0.3) is 6.47 Å². The SMILES string of the molecule is CC1(C)CC(c2ccn3cc(-c4ccc(-c5cn[nH]c5)cc4OC=O)nc3n2)CC(C)(C)N1. The molecule has 0 bridgehead atoms. The van der Waals surface area contributed by atoms with E-state index in [0.717, 1.165) is 35.2 Å². The van der Waals surface area contributed by atoms with Gasteiger partial charge in [-0.15, -0.1) is 0 Å². The van der Waals surface area contributed by atoms with Crippen LogP contribution in [0.3, 0.4) is 0 Å². The molecule has 1 fully saturated rings. The van der Waals surface area contributed by atoms with Crippen LogP contribution in [0.5, 0.6) is 5.75 Å². The molecule has 0 aliphatic carbocycles. The maximum absolute atomic E-state index is 11.2. The average molecular weight is 445 g/mol. The molecule has 8 nitrogen and oxygen atoms in total. The van der Waals surface area contributed by atoms with Crippen LogP contribution in [0, 0.1) is 0 Å². The fourth-order valence-corrected chi connectivity index (χ4v) is 5.25.